The predicted octanol–water partition coefficient (Wildman–Crippen LogP) is -0.202. The smallest absolute Gasteiger partial charge is 0.337 e. The van der Waals surface area contributed by atoms with Crippen molar-refractivity contribution < 1.29 is 19.7 Å². The minimum Gasteiger partial charge on any atom is -0.465 e. The number of anilines is 1. The Balaban J connectivity index is 2.94. The molecule has 1 aromatic rings. The van der Waals surface area contributed by atoms with E-state index < -0.39 is 18.2 Å². The first-order valence-electron chi connectivity index (χ1n) is 5.55. The van der Waals surface area contributed by atoms with Crippen molar-refractivity contribution in [2.45, 2.75) is 18.6 Å². The number of aliphatic hydroxyl groups excluding tert-OH is 2. The van der Waals surface area contributed by atoms with Crippen LogP contribution in [0, 0.1) is 0 Å². The number of nitrogens with two attached hydrogens (primary N) is 2. The Morgan fingerprint density at radius 1 is 1.44 bits per heavy atom. The second-order valence-electron chi connectivity index (χ2n) is 3.92. The second-order valence-corrected chi connectivity index (χ2v) is 3.92. The van der Waals surface area contributed by atoms with E-state index in [1.54, 1.807) is 0 Å². The van der Waals surface area contributed by atoms with Gasteiger partial charge in [0.1, 0.15) is 6.10 Å². The zero-order chi connectivity index (χ0) is 13.7. The van der Waals surface area contributed by atoms with Gasteiger partial charge in [0.05, 0.1) is 18.8 Å². The number of hydrogen-bond acceptors (Lipinski definition) is 6. The van der Waals surface area contributed by atoms with E-state index in [2.05, 4.69) is 4.74 Å². The van der Waals surface area contributed by atoms with Crippen LogP contribution in [0.1, 0.15) is 28.4 Å². The maximum Gasteiger partial charge on any atom is 0.337 e. The number of ether oxygens (including phenoxy) is 1. The molecule has 6 heteroatoms. The Kier molecular flexibility index (Phi) is 5.08. The molecule has 18 heavy (non-hydrogen) atoms. The first-order chi connectivity index (χ1) is 8.51. The van der Waals surface area contributed by atoms with Gasteiger partial charge in [-0.3, -0.25) is 0 Å². The third kappa shape index (κ3) is 3.19. The number of carbonyl (C=O) groups excluding carboxylic acids is 1. The van der Waals surface area contributed by atoms with Crippen LogP contribution in [0.5, 0.6) is 0 Å². The molecular formula is C12H18N2O4. The molecule has 0 aromatic heterocycles. The highest BCUT2D eigenvalue weighted by molar-refractivity contribution is 5.90. The van der Waals surface area contributed by atoms with Gasteiger partial charge in [-0.25, -0.2) is 4.79 Å². The summed E-state index contributed by atoms with van der Waals surface area (Å²) in [6.07, 6.45) is -1.85. The quantitative estimate of drug-likeness (QED) is 0.427. The lowest BCUT2D eigenvalue weighted by Gasteiger charge is -2.19. The summed E-state index contributed by atoms with van der Waals surface area (Å²) in [4.78, 5) is 11.3. The standard InChI is InChI=1S/C12H18N2O4/c1-18-12(17)7-2-3-8(9(14)6-7)11(16)10(15)4-5-13/h2-3,6,10-11,15-16H,4-5,13-14H2,1H3. The third-order valence-electron chi connectivity index (χ3n) is 2.65. The molecule has 0 saturated heterocycles. The maximum atomic E-state index is 11.3. The van der Waals surface area contributed by atoms with Crippen LogP contribution in [0.25, 0.3) is 0 Å². The van der Waals surface area contributed by atoms with E-state index in [1.165, 1.54) is 25.3 Å². The lowest BCUT2D eigenvalue weighted by Crippen LogP contribution is -2.22. The number of methoxy groups -OCH3 is 1. The molecular weight excluding hydrogens is 236 g/mol. The van der Waals surface area contributed by atoms with E-state index in [1.807, 2.05) is 0 Å². The summed E-state index contributed by atoms with van der Waals surface area (Å²) >= 11 is 0. The highest BCUT2D eigenvalue weighted by Crippen LogP contribution is 2.25. The predicted molar refractivity (Wildman–Crippen MR) is 66.8 cm³/mol. The van der Waals surface area contributed by atoms with Crippen molar-refractivity contribution in [2.24, 2.45) is 5.73 Å². The van der Waals surface area contributed by atoms with Crippen LogP contribution in [-0.2, 0) is 4.74 Å². The minimum atomic E-state index is -1.12. The lowest BCUT2D eigenvalue weighted by atomic mass is 9.99. The first kappa shape index (κ1) is 14.4. The van der Waals surface area contributed by atoms with Crippen molar-refractivity contribution in [3.63, 3.8) is 0 Å². The lowest BCUT2D eigenvalue weighted by molar-refractivity contribution is 0.0154. The summed E-state index contributed by atoms with van der Waals surface area (Å²) in [6, 6.07) is 4.38. The average molecular weight is 254 g/mol. The molecule has 0 aliphatic heterocycles. The average Bonchev–Trinajstić information content (AvgIpc) is 2.37. The van der Waals surface area contributed by atoms with Gasteiger partial charge in [0, 0.05) is 11.3 Å². The molecule has 6 nitrogen and oxygen atoms in total. The fourth-order valence-electron chi connectivity index (χ4n) is 1.62. The van der Waals surface area contributed by atoms with Crippen LogP contribution in [0.3, 0.4) is 0 Å². The van der Waals surface area contributed by atoms with Gasteiger partial charge in [-0.15, -0.1) is 0 Å². The third-order valence-corrected chi connectivity index (χ3v) is 2.65. The van der Waals surface area contributed by atoms with E-state index in [-0.39, 0.29) is 18.7 Å². The zero-order valence-electron chi connectivity index (χ0n) is 10.2. The van der Waals surface area contributed by atoms with Crippen molar-refractivity contribution in [2.75, 3.05) is 19.4 Å². The Hall–Kier alpha value is -1.63. The Morgan fingerprint density at radius 3 is 2.61 bits per heavy atom. The molecule has 1 aromatic carbocycles. The highest BCUT2D eigenvalue weighted by Gasteiger charge is 2.20. The van der Waals surface area contributed by atoms with Crippen LogP contribution in [0.4, 0.5) is 5.69 Å². The van der Waals surface area contributed by atoms with Crippen LogP contribution >= 0.6 is 0 Å². The summed E-state index contributed by atoms with van der Waals surface area (Å²) in [5, 5.41) is 19.5. The molecule has 1 rings (SSSR count). The van der Waals surface area contributed by atoms with Gasteiger partial charge in [-0.1, -0.05) is 6.07 Å². The molecule has 0 spiro atoms. The molecule has 0 aliphatic rings. The number of hydrogen-bond donors (Lipinski definition) is 4. The fourth-order valence-corrected chi connectivity index (χ4v) is 1.62. The summed E-state index contributed by atoms with van der Waals surface area (Å²) in [5.41, 5.74) is 11.9. The fraction of sp³-hybridized carbons (Fsp3) is 0.417. The number of esters is 1. The molecule has 100 valence electrons. The molecule has 0 amide bonds. The second kappa shape index (κ2) is 6.34. The summed E-state index contributed by atoms with van der Waals surface area (Å²) < 4.78 is 4.55. The summed E-state index contributed by atoms with van der Waals surface area (Å²) in [7, 11) is 1.27. The Morgan fingerprint density at radius 2 is 2.11 bits per heavy atom. The molecule has 2 unspecified atom stereocenters. The zero-order valence-corrected chi connectivity index (χ0v) is 10.2. The van der Waals surface area contributed by atoms with E-state index in [0.717, 1.165) is 0 Å². The van der Waals surface area contributed by atoms with Crippen molar-refractivity contribution in [3.05, 3.63) is 29.3 Å². The van der Waals surface area contributed by atoms with Crippen LogP contribution < -0.4 is 11.5 Å². The van der Waals surface area contributed by atoms with Crippen LogP contribution in [-0.4, -0.2) is 35.9 Å². The number of rotatable bonds is 5. The van der Waals surface area contributed by atoms with Gasteiger partial charge >= 0.3 is 5.97 Å². The van der Waals surface area contributed by atoms with Crippen molar-refractivity contribution in [1.29, 1.82) is 0 Å². The molecule has 0 radical (unpaired) electrons. The number of aliphatic hydroxyl groups is 2. The van der Waals surface area contributed by atoms with Crippen molar-refractivity contribution in [1.82, 2.24) is 0 Å². The molecule has 6 N–H and O–H groups in total. The normalized spacial score (nSPS) is 14.0. The summed E-state index contributed by atoms with van der Waals surface area (Å²) in [5.74, 6) is -0.509. The monoisotopic (exact) mass is 254 g/mol. The van der Waals surface area contributed by atoms with E-state index in [4.69, 9.17) is 11.5 Å². The highest BCUT2D eigenvalue weighted by atomic mass is 16.5. The van der Waals surface area contributed by atoms with E-state index in [9.17, 15) is 15.0 Å². The molecule has 0 fully saturated rings. The number of carbonyl (C=O) groups is 1. The van der Waals surface area contributed by atoms with Gasteiger partial charge in [-0.05, 0) is 25.1 Å². The molecule has 0 saturated carbocycles. The van der Waals surface area contributed by atoms with Crippen molar-refractivity contribution in [3.8, 4) is 0 Å². The van der Waals surface area contributed by atoms with Gasteiger partial charge in [0.15, 0.2) is 0 Å². The van der Waals surface area contributed by atoms with Gasteiger partial charge < -0.3 is 26.4 Å². The molecule has 0 aliphatic carbocycles. The Labute approximate surface area is 105 Å². The SMILES string of the molecule is COC(=O)c1ccc(C(O)C(O)CCN)c(N)c1. The molecule has 2 atom stereocenters. The van der Waals surface area contributed by atoms with Gasteiger partial charge in [0.2, 0.25) is 0 Å². The van der Waals surface area contributed by atoms with Crippen molar-refractivity contribution >= 4 is 11.7 Å². The molecule has 0 bridgehead atoms. The van der Waals surface area contributed by atoms with Crippen LogP contribution in [0.2, 0.25) is 0 Å². The maximum absolute atomic E-state index is 11.3. The van der Waals surface area contributed by atoms with Gasteiger partial charge in [0.25, 0.3) is 0 Å². The number of nitrogen functional groups attached to an aromatic ring is 1. The van der Waals surface area contributed by atoms with Crippen LogP contribution in [0.15, 0.2) is 18.2 Å². The van der Waals surface area contributed by atoms with Gasteiger partial charge in [-0.2, -0.15) is 0 Å². The molecule has 0 heterocycles. The van der Waals surface area contributed by atoms with E-state index in [0.29, 0.717) is 11.1 Å². The summed E-state index contributed by atoms with van der Waals surface area (Å²) in [6.45, 7) is 0.262. The van der Waals surface area contributed by atoms with E-state index >= 15 is 0 Å². The largest absolute Gasteiger partial charge is 0.465 e. The minimum absolute atomic E-state index is 0.224. The first-order valence-corrected chi connectivity index (χ1v) is 5.55. The topological polar surface area (TPSA) is 119 Å². The Bertz CT molecular complexity index is 423. The number of benzene rings is 1.